The lowest BCUT2D eigenvalue weighted by molar-refractivity contribution is 0.792. The molecule has 80 valence electrons. The van der Waals surface area contributed by atoms with Crippen LogP contribution in [0.5, 0.6) is 0 Å². The highest BCUT2D eigenvalue weighted by atomic mass is 14.7. The SMILES string of the molecule is [C-]#[N+]c1cc(C)cc(C(C)C)c1C(C)C. The van der Waals surface area contributed by atoms with E-state index in [1.807, 2.05) is 6.07 Å². The molecular weight excluding hydrogens is 182 g/mol. The predicted octanol–water partition coefficient (Wildman–Crippen LogP) is 4.79. The van der Waals surface area contributed by atoms with Crippen LogP contribution in [0.1, 0.15) is 56.2 Å². The topological polar surface area (TPSA) is 4.36 Å². The molecule has 0 saturated carbocycles. The van der Waals surface area contributed by atoms with Crippen molar-refractivity contribution in [2.24, 2.45) is 0 Å². The fourth-order valence-corrected chi connectivity index (χ4v) is 2.01. The van der Waals surface area contributed by atoms with Crippen LogP contribution in [0.3, 0.4) is 0 Å². The quantitative estimate of drug-likeness (QED) is 0.606. The van der Waals surface area contributed by atoms with Crippen molar-refractivity contribution in [1.82, 2.24) is 0 Å². The van der Waals surface area contributed by atoms with Gasteiger partial charge in [-0.25, -0.2) is 4.85 Å². The largest absolute Gasteiger partial charge is 0.238 e. The Labute approximate surface area is 93.0 Å². The second-order valence-electron chi connectivity index (χ2n) is 4.71. The summed E-state index contributed by atoms with van der Waals surface area (Å²) in [7, 11) is 0. The van der Waals surface area contributed by atoms with Crippen LogP contribution in [0.15, 0.2) is 12.1 Å². The molecule has 0 fully saturated rings. The molecule has 0 amide bonds. The normalized spacial score (nSPS) is 10.8. The zero-order chi connectivity index (χ0) is 11.6. The van der Waals surface area contributed by atoms with Gasteiger partial charge in [-0.1, -0.05) is 51.0 Å². The lowest BCUT2D eigenvalue weighted by Crippen LogP contribution is -1.99. The van der Waals surface area contributed by atoms with Crippen LogP contribution in [0.25, 0.3) is 4.85 Å². The van der Waals surface area contributed by atoms with Crippen molar-refractivity contribution in [3.8, 4) is 0 Å². The first kappa shape index (κ1) is 11.8. The Balaban J connectivity index is 3.49. The molecule has 0 N–H and O–H groups in total. The van der Waals surface area contributed by atoms with E-state index in [4.69, 9.17) is 6.57 Å². The number of rotatable bonds is 2. The molecule has 0 bridgehead atoms. The summed E-state index contributed by atoms with van der Waals surface area (Å²) < 4.78 is 0. The van der Waals surface area contributed by atoms with E-state index in [9.17, 15) is 0 Å². The van der Waals surface area contributed by atoms with E-state index in [0.29, 0.717) is 11.8 Å². The van der Waals surface area contributed by atoms with Gasteiger partial charge in [0.2, 0.25) is 0 Å². The Kier molecular flexibility index (Phi) is 3.52. The highest BCUT2D eigenvalue weighted by Crippen LogP contribution is 2.35. The van der Waals surface area contributed by atoms with Gasteiger partial charge in [0.25, 0.3) is 0 Å². The van der Waals surface area contributed by atoms with Gasteiger partial charge in [-0.2, -0.15) is 0 Å². The van der Waals surface area contributed by atoms with E-state index in [0.717, 1.165) is 5.69 Å². The Morgan fingerprint density at radius 2 is 1.67 bits per heavy atom. The molecular formula is C14H19N. The molecule has 15 heavy (non-hydrogen) atoms. The summed E-state index contributed by atoms with van der Waals surface area (Å²) in [5, 5.41) is 0. The molecule has 0 unspecified atom stereocenters. The molecule has 0 aliphatic heterocycles. The van der Waals surface area contributed by atoms with E-state index >= 15 is 0 Å². The van der Waals surface area contributed by atoms with E-state index in [1.165, 1.54) is 16.7 Å². The molecule has 0 spiro atoms. The third kappa shape index (κ3) is 2.39. The number of nitrogens with zero attached hydrogens (tertiary/aromatic N) is 1. The summed E-state index contributed by atoms with van der Waals surface area (Å²) in [5.41, 5.74) is 4.57. The highest BCUT2D eigenvalue weighted by Gasteiger charge is 2.14. The summed E-state index contributed by atoms with van der Waals surface area (Å²) in [6.07, 6.45) is 0. The van der Waals surface area contributed by atoms with Gasteiger partial charge in [-0.15, -0.1) is 0 Å². The van der Waals surface area contributed by atoms with Crippen LogP contribution < -0.4 is 0 Å². The van der Waals surface area contributed by atoms with Gasteiger partial charge in [-0.05, 0) is 24.3 Å². The van der Waals surface area contributed by atoms with Crippen LogP contribution in [-0.2, 0) is 0 Å². The van der Waals surface area contributed by atoms with Gasteiger partial charge < -0.3 is 0 Å². The van der Waals surface area contributed by atoms with E-state index < -0.39 is 0 Å². The maximum atomic E-state index is 7.24. The van der Waals surface area contributed by atoms with Crippen molar-refractivity contribution >= 4 is 5.69 Å². The average Bonchev–Trinajstić information content (AvgIpc) is 2.15. The predicted molar refractivity (Wildman–Crippen MR) is 65.6 cm³/mol. The maximum Gasteiger partial charge on any atom is 0.191 e. The standard InChI is InChI=1S/C14H19N/c1-9(2)12-7-11(5)8-13(15-6)14(12)10(3)4/h7-10H,1-5H3. The fourth-order valence-electron chi connectivity index (χ4n) is 2.01. The monoisotopic (exact) mass is 201 g/mol. The first-order valence-electron chi connectivity index (χ1n) is 5.49. The van der Waals surface area contributed by atoms with Crippen molar-refractivity contribution < 1.29 is 0 Å². The molecule has 1 rings (SSSR count). The van der Waals surface area contributed by atoms with E-state index in [1.54, 1.807) is 0 Å². The lowest BCUT2D eigenvalue weighted by atomic mass is 9.88. The first-order valence-corrected chi connectivity index (χ1v) is 5.49. The van der Waals surface area contributed by atoms with Gasteiger partial charge >= 0.3 is 0 Å². The molecule has 0 aliphatic carbocycles. The third-order valence-electron chi connectivity index (χ3n) is 2.65. The Hall–Kier alpha value is -1.29. The summed E-state index contributed by atoms with van der Waals surface area (Å²) in [6, 6.07) is 4.21. The summed E-state index contributed by atoms with van der Waals surface area (Å²) in [4.78, 5) is 3.65. The molecule has 1 aromatic carbocycles. The molecule has 1 aromatic rings. The average molecular weight is 201 g/mol. The zero-order valence-corrected chi connectivity index (χ0v) is 10.3. The van der Waals surface area contributed by atoms with Gasteiger partial charge in [0.05, 0.1) is 6.57 Å². The fraction of sp³-hybridized carbons (Fsp3) is 0.500. The summed E-state index contributed by atoms with van der Waals surface area (Å²) >= 11 is 0. The molecule has 0 atom stereocenters. The van der Waals surface area contributed by atoms with Crippen molar-refractivity contribution in [2.75, 3.05) is 0 Å². The summed E-state index contributed by atoms with van der Waals surface area (Å²) in [5.74, 6) is 0.912. The van der Waals surface area contributed by atoms with Crippen molar-refractivity contribution in [2.45, 2.75) is 46.5 Å². The van der Waals surface area contributed by atoms with Gasteiger partial charge in [-0.3, -0.25) is 0 Å². The minimum absolute atomic E-state index is 0.423. The number of aryl methyl sites for hydroxylation is 1. The van der Waals surface area contributed by atoms with Crippen LogP contribution >= 0.6 is 0 Å². The second kappa shape index (κ2) is 4.49. The first-order chi connectivity index (χ1) is 6.97. The lowest BCUT2D eigenvalue weighted by Gasteiger charge is -2.18. The van der Waals surface area contributed by atoms with Gasteiger partial charge in [0.1, 0.15) is 0 Å². The summed E-state index contributed by atoms with van der Waals surface area (Å²) in [6.45, 7) is 18.0. The van der Waals surface area contributed by atoms with Crippen LogP contribution in [0, 0.1) is 13.5 Å². The Morgan fingerprint density at radius 1 is 1.07 bits per heavy atom. The molecule has 0 aliphatic rings. The molecule has 0 saturated heterocycles. The number of hydrogen-bond acceptors (Lipinski definition) is 0. The minimum atomic E-state index is 0.423. The van der Waals surface area contributed by atoms with Crippen LogP contribution in [-0.4, -0.2) is 0 Å². The number of hydrogen-bond donors (Lipinski definition) is 0. The zero-order valence-electron chi connectivity index (χ0n) is 10.3. The van der Waals surface area contributed by atoms with Crippen molar-refractivity contribution in [1.29, 1.82) is 0 Å². The molecule has 0 aromatic heterocycles. The molecule has 0 heterocycles. The van der Waals surface area contributed by atoms with E-state index in [-0.39, 0.29) is 0 Å². The van der Waals surface area contributed by atoms with Crippen LogP contribution in [0.2, 0.25) is 0 Å². The number of benzene rings is 1. The highest BCUT2D eigenvalue weighted by molar-refractivity contribution is 5.59. The minimum Gasteiger partial charge on any atom is -0.238 e. The Bertz CT molecular complexity index is 395. The maximum absolute atomic E-state index is 7.24. The van der Waals surface area contributed by atoms with Crippen molar-refractivity contribution in [3.63, 3.8) is 0 Å². The van der Waals surface area contributed by atoms with Crippen LogP contribution in [0.4, 0.5) is 5.69 Å². The van der Waals surface area contributed by atoms with E-state index in [2.05, 4.69) is 45.5 Å². The van der Waals surface area contributed by atoms with Gasteiger partial charge in [0.15, 0.2) is 5.69 Å². The van der Waals surface area contributed by atoms with Crippen molar-refractivity contribution in [3.05, 3.63) is 40.2 Å². The third-order valence-corrected chi connectivity index (χ3v) is 2.65. The second-order valence-corrected chi connectivity index (χ2v) is 4.71. The smallest absolute Gasteiger partial charge is 0.191 e. The molecule has 1 heteroatoms. The molecule has 1 nitrogen and oxygen atoms in total. The van der Waals surface area contributed by atoms with Gasteiger partial charge in [0, 0.05) is 0 Å². The Morgan fingerprint density at radius 3 is 2.07 bits per heavy atom. The molecule has 0 radical (unpaired) electrons.